The van der Waals surface area contributed by atoms with Gasteiger partial charge in [-0.3, -0.25) is 9.78 Å². The molecule has 0 aliphatic carbocycles. The Morgan fingerprint density at radius 2 is 1.81 bits per heavy atom. The molecule has 0 spiro atoms. The van der Waals surface area contributed by atoms with Gasteiger partial charge in [0.2, 0.25) is 17.5 Å². The molecule has 1 aliphatic rings. The quantitative estimate of drug-likeness (QED) is 0.576. The SMILES string of the molecule is COc1cc(-c2cc3ncccc3c(O[C@H](C)[C@H]3CNC(=O)C3)n2)cc(OC)c1OC.Cl. The van der Waals surface area contributed by atoms with Crippen molar-refractivity contribution >= 4 is 29.2 Å². The molecule has 2 aromatic heterocycles. The van der Waals surface area contributed by atoms with Crippen molar-refractivity contribution < 1.29 is 23.7 Å². The molecule has 0 unspecified atom stereocenters. The lowest BCUT2D eigenvalue weighted by molar-refractivity contribution is -0.119. The first-order chi connectivity index (χ1) is 15.0. The number of carbonyl (C=O) groups excluding carboxylic acids is 1. The van der Waals surface area contributed by atoms with Gasteiger partial charge < -0.3 is 24.3 Å². The highest BCUT2D eigenvalue weighted by Crippen LogP contribution is 2.41. The smallest absolute Gasteiger partial charge is 0.223 e. The van der Waals surface area contributed by atoms with Crippen molar-refractivity contribution in [3.8, 4) is 34.4 Å². The third-order valence-electron chi connectivity index (χ3n) is 5.50. The van der Waals surface area contributed by atoms with Crippen LogP contribution >= 0.6 is 12.4 Å². The Bertz CT molecular complexity index is 1100. The van der Waals surface area contributed by atoms with E-state index in [4.69, 9.17) is 23.9 Å². The average Bonchev–Trinajstić information content (AvgIpc) is 3.24. The number of amides is 1. The van der Waals surface area contributed by atoms with Crippen LogP contribution in [0.4, 0.5) is 0 Å². The minimum atomic E-state index is -0.190. The maximum absolute atomic E-state index is 11.6. The van der Waals surface area contributed by atoms with Gasteiger partial charge in [0.15, 0.2) is 11.5 Å². The highest BCUT2D eigenvalue weighted by molar-refractivity contribution is 5.87. The van der Waals surface area contributed by atoms with Crippen molar-refractivity contribution in [2.45, 2.75) is 19.4 Å². The number of halogens is 1. The van der Waals surface area contributed by atoms with Crippen molar-refractivity contribution in [2.75, 3.05) is 27.9 Å². The topological polar surface area (TPSA) is 91.8 Å². The highest BCUT2D eigenvalue weighted by Gasteiger charge is 2.29. The molecule has 3 heterocycles. The van der Waals surface area contributed by atoms with Crippen LogP contribution in [0.25, 0.3) is 22.2 Å². The largest absolute Gasteiger partial charge is 0.493 e. The van der Waals surface area contributed by atoms with Gasteiger partial charge in [-0.25, -0.2) is 4.98 Å². The fraction of sp³-hybridized carbons (Fsp3) is 0.348. The molecule has 170 valence electrons. The molecule has 2 atom stereocenters. The predicted octanol–water partition coefficient (Wildman–Crippen LogP) is 3.65. The maximum Gasteiger partial charge on any atom is 0.223 e. The van der Waals surface area contributed by atoms with E-state index in [0.717, 1.165) is 16.5 Å². The summed E-state index contributed by atoms with van der Waals surface area (Å²) in [6.07, 6.45) is 1.99. The predicted molar refractivity (Wildman–Crippen MR) is 123 cm³/mol. The van der Waals surface area contributed by atoms with Crippen LogP contribution in [0.3, 0.4) is 0 Å². The van der Waals surface area contributed by atoms with E-state index in [2.05, 4.69) is 10.3 Å². The molecule has 1 aromatic carbocycles. The number of methoxy groups -OCH3 is 3. The van der Waals surface area contributed by atoms with Gasteiger partial charge in [0, 0.05) is 30.6 Å². The van der Waals surface area contributed by atoms with Gasteiger partial charge in [-0.1, -0.05) is 0 Å². The second-order valence-electron chi connectivity index (χ2n) is 7.39. The number of nitrogens with one attached hydrogen (secondary N) is 1. The number of carbonyl (C=O) groups is 1. The van der Waals surface area contributed by atoms with E-state index in [1.807, 2.05) is 37.3 Å². The van der Waals surface area contributed by atoms with E-state index < -0.39 is 0 Å². The average molecular weight is 460 g/mol. The second-order valence-corrected chi connectivity index (χ2v) is 7.39. The molecule has 1 aliphatic heterocycles. The van der Waals surface area contributed by atoms with E-state index in [1.165, 1.54) is 0 Å². The van der Waals surface area contributed by atoms with Crippen molar-refractivity contribution in [2.24, 2.45) is 5.92 Å². The van der Waals surface area contributed by atoms with E-state index >= 15 is 0 Å². The van der Waals surface area contributed by atoms with Crippen molar-refractivity contribution in [3.05, 3.63) is 36.5 Å². The number of aromatic nitrogens is 2. The molecule has 1 amide bonds. The first-order valence-corrected chi connectivity index (χ1v) is 10.0. The number of hydrogen-bond acceptors (Lipinski definition) is 7. The molecule has 0 saturated carbocycles. The maximum atomic E-state index is 11.6. The third kappa shape index (κ3) is 4.50. The monoisotopic (exact) mass is 459 g/mol. The summed E-state index contributed by atoms with van der Waals surface area (Å²) in [6.45, 7) is 2.56. The number of ether oxygens (including phenoxy) is 4. The molecule has 9 heteroatoms. The summed E-state index contributed by atoms with van der Waals surface area (Å²) in [6, 6.07) is 9.35. The Morgan fingerprint density at radius 1 is 1.09 bits per heavy atom. The minimum Gasteiger partial charge on any atom is -0.493 e. The van der Waals surface area contributed by atoms with Gasteiger partial charge in [-0.15, -0.1) is 12.4 Å². The summed E-state index contributed by atoms with van der Waals surface area (Å²) in [4.78, 5) is 20.9. The van der Waals surface area contributed by atoms with E-state index in [-0.39, 0.29) is 30.3 Å². The van der Waals surface area contributed by atoms with Gasteiger partial charge in [0.25, 0.3) is 0 Å². The molecule has 3 aromatic rings. The number of pyridine rings is 2. The Kier molecular flexibility index (Phi) is 7.25. The number of fused-ring (bicyclic) bond motifs is 1. The first-order valence-electron chi connectivity index (χ1n) is 10.0. The molecule has 4 rings (SSSR count). The third-order valence-corrected chi connectivity index (χ3v) is 5.50. The van der Waals surface area contributed by atoms with Crippen LogP contribution in [-0.2, 0) is 4.79 Å². The fourth-order valence-electron chi connectivity index (χ4n) is 3.74. The summed E-state index contributed by atoms with van der Waals surface area (Å²) in [5.41, 5.74) is 2.19. The number of hydrogen-bond donors (Lipinski definition) is 1. The normalized spacial score (nSPS) is 16.1. The summed E-state index contributed by atoms with van der Waals surface area (Å²) >= 11 is 0. The summed E-state index contributed by atoms with van der Waals surface area (Å²) in [7, 11) is 4.71. The van der Waals surface area contributed by atoms with Crippen LogP contribution in [0, 0.1) is 5.92 Å². The van der Waals surface area contributed by atoms with Crippen molar-refractivity contribution in [3.63, 3.8) is 0 Å². The van der Waals surface area contributed by atoms with Crippen molar-refractivity contribution in [1.82, 2.24) is 15.3 Å². The van der Waals surface area contributed by atoms with Gasteiger partial charge >= 0.3 is 0 Å². The standard InChI is InChI=1S/C23H25N3O5.ClH/c1-13(15-10-21(27)25-12-15)31-23-16-6-5-7-24-18(16)11-17(26-23)14-8-19(28-2)22(30-4)20(9-14)29-3;/h5-9,11,13,15H,10,12H2,1-4H3,(H,25,27);1H/t13-,15-;/m1./s1. The lowest BCUT2D eigenvalue weighted by Gasteiger charge is -2.20. The van der Waals surface area contributed by atoms with E-state index in [9.17, 15) is 4.79 Å². The molecular formula is C23H26ClN3O5. The van der Waals surface area contributed by atoms with Gasteiger partial charge in [0.1, 0.15) is 6.10 Å². The van der Waals surface area contributed by atoms with Crippen LogP contribution in [0.2, 0.25) is 0 Å². The zero-order valence-electron chi connectivity index (χ0n) is 18.4. The van der Waals surface area contributed by atoms with E-state index in [0.29, 0.717) is 41.8 Å². The molecule has 1 saturated heterocycles. The number of nitrogens with zero attached hydrogens (tertiary/aromatic N) is 2. The van der Waals surface area contributed by atoms with Crippen LogP contribution < -0.4 is 24.3 Å². The van der Waals surface area contributed by atoms with Crippen LogP contribution in [0.1, 0.15) is 13.3 Å². The molecule has 8 nitrogen and oxygen atoms in total. The minimum absolute atomic E-state index is 0. The summed E-state index contributed by atoms with van der Waals surface area (Å²) < 4.78 is 22.6. The Hall–Kier alpha value is -3.26. The van der Waals surface area contributed by atoms with Gasteiger partial charge in [-0.2, -0.15) is 0 Å². The molecule has 0 bridgehead atoms. The van der Waals surface area contributed by atoms with Crippen molar-refractivity contribution in [1.29, 1.82) is 0 Å². The summed E-state index contributed by atoms with van der Waals surface area (Å²) in [5.74, 6) is 2.19. The highest BCUT2D eigenvalue weighted by atomic mass is 35.5. The Labute approximate surface area is 192 Å². The van der Waals surface area contributed by atoms with Crippen LogP contribution in [-0.4, -0.2) is 49.9 Å². The molecule has 1 N–H and O–H groups in total. The lowest BCUT2D eigenvalue weighted by atomic mass is 10.0. The molecule has 32 heavy (non-hydrogen) atoms. The van der Waals surface area contributed by atoms with Crippen LogP contribution in [0.15, 0.2) is 36.5 Å². The Morgan fingerprint density at radius 3 is 2.41 bits per heavy atom. The lowest BCUT2D eigenvalue weighted by Crippen LogP contribution is -2.26. The van der Waals surface area contributed by atoms with Gasteiger partial charge in [-0.05, 0) is 37.3 Å². The Balaban J connectivity index is 0.00000289. The van der Waals surface area contributed by atoms with Crippen LogP contribution in [0.5, 0.6) is 23.1 Å². The van der Waals surface area contributed by atoms with Gasteiger partial charge in [0.05, 0.1) is 37.9 Å². The zero-order valence-corrected chi connectivity index (χ0v) is 19.2. The molecule has 0 radical (unpaired) electrons. The number of benzene rings is 1. The molecular weight excluding hydrogens is 434 g/mol. The second kappa shape index (κ2) is 9.91. The zero-order chi connectivity index (χ0) is 22.0. The molecule has 1 fully saturated rings. The van der Waals surface area contributed by atoms with E-state index in [1.54, 1.807) is 27.5 Å². The fourth-order valence-corrected chi connectivity index (χ4v) is 3.74. The summed E-state index contributed by atoms with van der Waals surface area (Å²) in [5, 5.41) is 3.66. The first kappa shape index (κ1) is 23.4. The number of rotatable bonds is 7.